The van der Waals surface area contributed by atoms with Crippen LogP contribution in [0, 0.1) is 5.82 Å². The highest BCUT2D eigenvalue weighted by Gasteiger charge is 2.36. The summed E-state index contributed by atoms with van der Waals surface area (Å²) in [6.45, 7) is 0.784. The number of aliphatic carboxylic acids is 1. The summed E-state index contributed by atoms with van der Waals surface area (Å²) in [6, 6.07) is 7.33. The Morgan fingerprint density at radius 1 is 1.28 bits per heavy atom. The minimum Gasteiger partial charge on any atom is -0.480 e. The van der Waals surface area contributed by atoms with Crippen molar-refractivity contribution in [2.45, 2.75) is 44.3 Å². The smallest absolute Gasteiger partial charge is 0.317 e. The average molecular weight is 432 g/mol. The van der Waals surface area contributed by atoms with Crippen LogP contribution in [-0.2, 0) is 11.3 Å². The molecule has 32 heavy (non-hydrogen) atoms. The van der Waals surface area contributed by atoms with Crippen LogP contribution in [0.15, 0.2) is 36.5 Å². The number of pyridine rings is 1. The molecular weight excluding hydrogens is 407 g/mol. The number of H-pyrrole nitrogens is 1. The number of anilines is 1. The Balaban J connectivity index is 1.51. The molecule has 0 radical (unpaired) electrons. The van der Waals surface area contributed by atoms with Crippen LogP contribution in [0.2, 0.25) is 0 Å². The van der Waals surface area contributed by atoms with E-state index in [1.165, 1.54) is 17.2 Å². The number of piperidine rings is 1. The topological polar surface area (TPSA) is 72.5 Å². The van der Waals surface area contributed by atoms with E-state index in [9.17, 15) is 14.3 Å². The van der Waals surface area contributed by atoms with E-state index < -0.39 is 5.97 Å². The molecule has 2 unspecified atom stereocenters. The monoisotopic (exact) mass is 432 g/mol. The standard InChI is InChI=1S/C25H25FN4O2/c1-29-12-20-23-18(19-11-15(26)5-6-21(19)29)7-8-27-25(23)28-24(20)14-9-16-3-2-4-17(10-14)30(16)13-22(31)32/h5-9,11,16-17H,2-4,10,12-13H2,1H3,(H,27,28)(H,31,32). The number of carboxylic acids is 1. The van der Waals surface area contributed by atoms with Gasteiger partial charge in [0.1, 0.15) is 11.5 Å². The van der Waals surface area contributed by atoms with Crippen LogP contribution in [0.25, 0.3) is 27.7 Å². The van der Waals surface area contributed by atoms with Crippen molar-refractivity contribution in [3.63, 3.8) is 0 Å². The third-order valence-electron chi connectivity index (χ3n) is 7.27. The average Bonchev–Trinajstić information content (AvgIpc) is 3.05. The van der Waals surface area contributed by atoms with Crippen molar-refractivity contribution in [3.8, 4) is 11.1 Å². The Bertz CT molecular complexity index is 1280. The zero-order valence-corrected chi connectivity index (χ0v) is 17.9. The molecule has 3 aromatic rings. The number of carboxylic acid groups (broad SMARTS) is 1. The van der Waals surface area contributed by atoms with Gasteiger partial charge in [-0.2, -0.15) is 0 Å². The quantitative estimate of drug-likeness (QED) is 0.641. The number of nitrogens with zero attached hydrogens (tertiary/aromatic N) is 3. The zero-order valence-electron chi connectivity index (χ0n) is 17.9. The lowest BCUT2D eigenvalue weighted by molar-refractivity contribution is -0.140. The molecule has 5 heterocycles. The van der Waals surface area contributed by atoms with Crippen molar-refractivity contribution in [1.82, 2.24) is 14.9 Å². The van der Waals surface area contributed by atoms with Crippen LogP contribution in [0.5, 0.6) is 0 Å². The predicted octanol–water partition coefficient (Wildman–Crippen LogP) is 4.41. The molecule has 6 nitrogen and oxygen atoms in total. The second kappa shape index (κ2) is 7.17. The molecule has 1 saturated heterocycles. The third kappa shape index (κ3) is 2.95. The third-order valence-corrected chi connectivity index (χ3v) is 7.27. The molecule has 3 aliphatic rings. The fourth-order valence-corrected chi connectivity index (χ4v) is 5.92. The fraction of sp³-hybridized carbons (Fsp3) is 0.360. The van der Waals surface area contributed by atoms with Crippen molar-refractivity contribution in [3.05, 3.63) is 53.6 Å². The van der Waals surface area contributed by atoms with Gasteiger partial charge in [-0.1, -0.05) is 12.5 Å². The maximum atomic E-state index is 14.2. The van der Waals surface area contributed by atoms with E-state index in [-0.39, 0.29) is 24.4 Å². The number of halogens is 1. The predicted molar refractivity (Wildman–Crippen MR) is 122 cm³/mol. The molecule has 0 amide bonds. The number of fused-ring (bicyclic) bond motifs is 4. The maximum Gasteiger partial charge on any atom is 0.317 e. The molecular formula is C25H25FN4O2. The lowest BCUT2D eigenvalue weighted by atomic mass is 9.83. The molecule has 0 aliphatic carbocycles. The van der Waals surface area contributed by atoms with Gasteiger partial charge in [0.25, 0.3) is 0 Å². The molecule has 164 valence electrons. The second-order valence-electron chi connectivity index (χ2n) is 9.19. The fourth-order valence-electron chi connectivity index (χ4n) is 5.92. The van der Waals surface area contributed by atoms with Gasteiger partial charge >= 0.3 is 5.97 Å². The lowest BCUT2D eigenvalue weighted by Gasteiger charge is -2.44. The number of benzene rings is 1. The van der Waals surface area contributed by atoms with E-state index in [2.05, 4.69) is 25.8 Å². The molecule has 7 heteroatoms. The molecule has 2 aromatic heterocycles. The summed E-state index contributed by atoms with van der Waals surface area (Å²) in [5.74, 6) is -1.01. The number of aromatic nitrogens is 2. The Morgan fingerprint density at radius 2 is 2.16 bits per heavy atom. The van der Waals surface area contributed by atoms with E-state index in [4.69, 9.17) is 0 Å². The lowest BCUT2D eigenvalue weighted by Crippen LogP contribution is -2.50. The zero-order chi connectivity index (χ0) is 22.0. The van der Waals surface area contributed by atoms with Crippen LogP contribution in [0.3, 0.4) is 0 Å². The Labute approximate surface area is 185 Å². The van der Waals surface area contributed by atoms with Gasteiger partial charge in [-0.05, 0) is 54.7 Å². The van der Waals surface area contributed by atoms with Gasteiger partial charge in [-0.15, -0.1) is 0 Å². The summed E-state index contributed by atoms with van der Waals surface area (Å²) < 4.78 is 14.2. The summed E-state index contributed by atoms with van der Waals surface area (Å²) in [5.41, 5.74) is 7.21. The molecule has 2 atom stereocenters. The molecule has 1 fully saturated rings. The first-order valence-corrected chi connectivity index (χ1v) is 11.2. The molecule has 6 rings (SSSR count). The van der Waals surface area contributed by atoms with Crippen molar-refractivity contribution in [2.24, 2.45) is 0 Å². The van der Waals surface area contributed by atoms with Gasteiger partial charge in [0.2, 0.25) is 0 Å². The largest absolute Gasteiger partial charge is 0.480 e. The SMILES string of the molecule is CN1Cc2c(C3=CC4CCCC(C3)N4CC(=O)O)[nH]c3nccc(c23)-c2cc(F)ccc21. The van der Waals surface area contributed by atoms with Crippen molar-refractivity contribution < 1.29 is 14.3 Å². The maximum absolute atomic E-state index is 14.2. The number of hydrogen-bond donors (Lipinski definition) is 2. The van der Waals surface area contributed by atoms with Gasteiger partial charge < -0.3 is 15.0 Å². The Kier molecular flexibility index (Phi) is 4.37. The summed E-state index contributed by atoms with van der Waals surface area (Å²) in [4.78, 5) is 23.9. The number of aromatic amines is 1. The summed E-state index contributed by atoms with van der Waals surface area (Å²) >= 11 is 0. The molecule has 0 spiro atoms. The molecule has 0 saturated carbocycles. The van der Waals surface area contributed by atoms with Crippen LogP contribution in [0.1, 0.15) is 36.9 Å². The van der Waals surface area contributed by atoms with E-state index in [1.54, 1.807) is 12.3 Å². The van der Waals surface area contributed by atoms with Crippen LogP contribution in [0.4, 0.5) is 10.1 Å². The number of carbonyl (C=O) groups is 1. The highest BCUT2D eigenvalue weighted by atomic mass is 19.1. The number of rotatable bonds is 3. The van der Waals surface area contributed by atoms with Gasteiger partial charge in [-0.25, -0.2) is 9.37 Å². The Morgan fingerprint density at radius 3 is 2.97 bits per heavy atom. The van der Waals surface area contributed by atoms with E-state index >= 15 is 0 Å². The second-order valence-corrected chi connectivity index (χ2v) is 9.19. The van der Waals surface area contributed by atoms with E-state index in [0.29, 0.717) is 6.54 Å². The minimum atomic E-state index is -0.767. The molecule has 2 N–H and O–H groups in total. The molecule has 1 aromatic carbocycles. The van der Waals surface area contributed by atoms with Gasteiger partial charge in [0.15, 0.2) is 0 Å². The molecule has 3 aliphatic heterocycles. The first kappa shape index (κ1) is 19.5. The number of nitrogens with one attached hydrogen (secondary N) is 1. The number of hydrogen-bond acceptors (Lipinski definition) is 4. The first-order chi connectivity index (χ1) is 15.5. The summed E-state index contributed by atoms with van der Waals surface area (Å²) in [7, 11) is 2.04. The Hall–Kier alpha value is -3.19. The van der Waals surface area contributed by atoms with Gasteiger partial charge in [0.05, 0.1) is 6.54 Å². The molecule has 2 bridgehead atoms. The van der Waals surface area contributed by atoms with Gasteiger partial charge in [0, 0.05) is 59.8 Å². The minimum absolute atomic E-state index is 0.0913. The van der Waals surface area contributed by atoms with Crippen LogP contribution >= 0.6 is 0 Å². The van der Waals surface area contributed by atoms with E-state index in [1.807, 2.05) is 19.2 Å². The van der Waals surface area contributed by atoms with Crippen molar-refractivity contribution in [1.29, 1.82) is 0 Å². The highest BCUT2D eigenvalue weighted by Crippen LogP contribution is 2.45. The van der Waals surface area contributed by atoms with Crippen LogP contribution < -0.4 is 4.90 Å². The van der Waals surface area contributed by atoms with Crippen molar-refractivity contribution >= 4 is 28.3 Å². The summed E-state index contributed by atoms with van der Waals surface area (Å²) in [5, 5.41) is 10.4. The summed E-state index contributed by atoms with van der Waals surface area (Å²) in [6.07, 6.45) is 7.99. The van der Waals surface area contributed by atoms with Crippen LogP contribution in [-0.4, -0.2) is 51.6 Å². The van der Waals surface area contributed by atoms with E-state index in [0.717, 1.165) is 59.2 Å². The normalized spacial score (nSPS) is 22.4. The van der Waals surface area contributed by atoms with Gasteiger partial charge in [-0.3, -0.25) is 9.69 Å². The highest BCUT2D eigenvalue weighted by molar-refractivity contribution is 6.02. The van der Waals surface area contributed by atoms with Crippen molar-refractivity contribution in [2.75, 3.05) is 18.5 Å². The first-order valence-electron chi connectivity index (χ1n) is 11.2.